The SMILES string of the molecule is C=CC[C@@H](CC(C(=O)OCC)C(C)(C)O)O[Si](C)(C)C(C)(C)C. The molecule has 0 aliphatic carbocycles. The number of rotatable bonds is 9. The molecule has 0 aliphatic rings. The number of carbonyl (C=O) groups is 1. The van der Waals surface area contributed by atoms with Gasteiger partial charge in [-0.2, -0.15) is 0 Å². The molecule has 0 saturated heterocycles. The first-order valence-electron chi connectivity index (χ1n) is 8.44. The van der Waals surface area contributed by atoms with Crippen molar-refractivity contribution in [2.24, 2.45) is 5.92 Å². The van der Waals surface area contributed by atoms with Crippen molar-refractivity contribution in [2.75, 3.05) is 6.61 Å². The Morgan fingerprint density at radius 2 is 1.78 bits per heavy atom. The number of aliphatic hydroxyl groups is 1. The topological polar surface area (TPSA) is 55.8 Å². The zero-order chi connectivity index (χ0) is 18.5. The molecule has 0 amide bonds. The molecule has 0 saturated carbocycles. The van der Waals surface area contributed by atoms with Crippen molar-refractivity contribution in [1.29, 1.82) is 0 Å². The van der Waals surface area contributed by atoms with E-state index < -0.39 is 19.8 Å². The van der Waals surface area contributed by atoms with Crippen molar-refractivity contribution in [2.45, 2.75) is 84.2 Å². The summed E-state index contributed by atoms with van der Waals surface area (Å²) in [6.45, 7) is 20.1. The Balaban J connectivity index is 5.28. The second kappa shape index (κ2) is 8.45. The van der Waals surface area contributed by atoms with Gasteiger partial charge in [0.25, 0.3) is 0 Å². The first-order chi connectivity index (χ1) is 10.3. The van der Waals surface area contributed by atoms with Crippen LogP contribution in [0.5, 0.6) is 0 Å². The van der Waals surface area contributed by atoms with Crippen LogP contribution >= 0.6 is 0 Å². The number of esters is 1. The Hall–Kier alpha value is -0.653. The van der Waals surface area contributed by atoms with Gasteiger partial charge in [-0.15, -0.1) is 6.58 Å². The third-order valence-corrected chi connectivity index (χ3v) is 9.15. The molecule has 0 aliphatic heterocycles. The third-order valence-electron chi connectivity index (χ3n) is 4.62. The van der Waals surface area contributed by atoms with E-state index in [2.05, 4.69) is 40.4 Å². The quantitative estimate of drug-likeness (QED) is 0.385. The Morgan fingerprint density at radius 3 is 2.13 bits per heavy atom. The maximum Gasteiger partial charge on any atom is 0.311 e. The van der Waals surface area contributed by atoms with E-state index in [1.54, 1.807) is 20.8 Å². The molecule has 0 aromatic carbocycles. The van der Waals surface area contributed by atoms with Gasteiger partial charge in [0.1, 0.15) is 0 Å². The summed E-state index contributed by atoms with van der Waals surface area (Å²) in [5.74, 6) is -0.981. The lowest BCUT2D eigenvalue weighted by Gasteiger charge is -2.40. The van der Waals surface area contributed by atoms with Gasteiger partial charge in [-0.25, -0.2) is 0 Å². The number of carbonyl (C=O) groups excluding carboxylic acids is 1. The molecular formula is C18H36O4Si. The number of hydrogen-bond donors (Lipinski definition) is 1. The highest BCUT2D eigenvalue weighted by Gasteiger charge is 2.42. The Bertz CT molecular complexity index is 391. The van der Waals surface area contributed by atoms with Crippen molar-refractivity contribution in [3.8, 4) is 0 Å². The zero-order valence-electron chi connectivity index (χ0n) is 16.2. The van der Waals surface area contributed by atoms with Crippen LogP contribution in [0.1, 0.15) is 54.4 Å². The predicted octanol–water partition coefficient (Wildman–Crippen LogP) is 4.29. The van der Waals surface area contributed by atoms with Gasteiger partial charge in [-0.3, -0.25) is 4.79 Å². The van der Waals surface area contributed by atoms with Gasteiger partial charge in [-0.05, 0) is 51.7 Å². The summed E-state index contributed by atoms with van der Waals surface area (Å²) in [6, 6.07) is 0. The molecule has 4 nitrogen and oxygen atoms in total. The lowest BCUT2D eigenvalue weighted by atomic mass is 9.85. The molecule has 0 spiro atoms. The van der Waals surface area contributed by atoms with Gasteiger partial charge in [-0.1, -0.05) is 26.8 Å². The molecule has 5 heteroatoms. The van der Waals surface area contributed by atoms with E-state index in [1.165, 1.54) is 0 Å². The summed E-state index contributed by atoms with van der Waals surface area (Å²) in [7, 11) is -1.97. The predicted molar refractivity (Wildman–Crippen MR) is 97.9 cm³/mol. The molecule has 2 atom stereocenters. The first-order valence-corrected chi connectivity index (χ1v) is 11.3. The van der Waals surface area contributed by atoms with Crippen molar-refractivity contribution in [3.63, 3.8) is 0 Å². The highest BCUT2D eigenvalue weighted by atomic mass is 28.4. The monoisotopic (exact) mass is 344 g/mol. The fourth-order valence-electron chi connectivity index (χ4n) is 2.15. The fourth-order valence-corrected chi connectivity index (χ4v) is 3.53. The molecule has 136 valence electrons. The largest absolute Gasteiger partial charge is 0.466 e. The normalized spacial score (nSPS) is 15.9. The molecule has 0 aromatic rings. The Morgan fingerprint density at radius 1 is 1.26 bits per heavy atom. The van der Waals surface area contributed by atoms with Gasteiger partial charge >= 0.3 is 5.97 Å². The molecule has 0 fully saturated rings. The molecule has 0 rings (SSSR count). The van der Waals surface area contributed by atoms with E-state index in [0.29, 0.717) is 19.4 Å². The fraction of sp³-hybridized carbons (Fsp3) is 0.833. The zero-order valence-corrected chi connectivity index (χ0v) is 17.2. The molecule has 0 heterocycles. The van der Waals surface area contributed by atoms with Crippen LogP contribution in [0.4, 0.5) is 0 Å². The summed E-state index contributed by atoms with van der Waals surface area (Å²) in [5.41, 5.74) is -1.15. The van der Waals surface area contributed by atoms with Crippen LogP contribution in [-0.2, 0) is 14.0 Å². The average molecular weight is 345 g/mol. The molecule has 23 heavy (non-hydrogen) atoms. The highest BCUT2D eigenvalue weighted by molar-refractivity contribution is 6.74. The molecular weight excluding hydrogens is 308 g/mol. The lowest BCUT2D eigenvalue weighted by Crippen LogP contribution is -2.46. The van der Waals surface area contributed by atoms with Crippen LogP contribution in [-0.4, -0.2) is 37.7 Å². The second-order valence-electron chi connectivity index (χ2n) is 8.22. The van der Waals surface area contributed by atoms with Gasteiger partial charge < -0.3 is 14.3 Å². The van der Waals surface area contributed by atoms with Crippen LogP contribution in [0.25, 0.3) is 0 Å². The van der Waals surface area contributed by atoms with Gasteiger partial charge in [0.05, 0.1) is 18.1 Å². The van der Waals surface area contributed by atoms with E-state index in [-0.39, 0.29) is 17.1 Å². The van der Waals surface area contributed by atoms with Crippen LogP contribution in [0.15, 0.2) is 12.7 Å². The average Bonchev–Trinajstić information content (AvgIpc) is 2.32. The number of ether oxygens (including phenoxy) is 1. The third kappa shape index (κ3) is 7.19. The Kier molecular flexibility index (Phi) is 8.21. The van der Waals surface area contributed by atoms with Crippen LogP contribution in [0, 0.1) is 5.92 Å². The lowest BCUT2D eigenvalue weighted by molar-refractivity contribution is -0.158. The van der Waals surface area contributed by atoms with E-state index >= 15 is 0 Å². The standard InChI is InChI=1S/C18H36O4Si/c1-10-12-14(22-23(8,9)17(3,4)5)13-15(18(6,7)20)16(19)21-11-2/h10,14-15,20H,1,11-13H2,2-9H3/t14-,15?/m0/s1. The molecule has 0 radical (unpaired) electrons. The van der Waals surface area contributed by atoms with Crippen LogP contribution < -0.4 is 0 Å². The minimum absolute atomic E-state index is 0.0839. The van der Waals surface area contributed by atoms with Crippen LogP contribution in [0.2, 0.25) is 18.1 Å². The van der Waals surface area contributed by atoms with Crippen molar-refractivity contribution in [3.05, 3.63) is 12.7 Å². The summed E-state index contributed by atoms with van der Waals surface area (Å²) in [4.78, 5) is 12.2. The van der Waals surface area contributed by atoms with E-state index in [1.807, 2.05) is 6.08 Å². The minimum Gasteiger partial charge on any atom is -0.466 e. The molecule has 1 unspecified atom stereocenters. The summed E-state index contributed by atoms with van der Waals surface area (Å²) in [6.07, 6.45) is 2.75. The summed E-state index contributed by atoms with van der Waals surface area (Å²) < 4.78 is 11.6. The summed E-state index contributed by atoms with van der Waals surface area (Å²) in [5, 5.41) is 10.5. The van der Waals surface area contributed by atoms with Gasteiger partial charge in [0, 0.05) is 6.10 Å². The maximum atomic E-state index is 12.2. The van der Waals surface area contributed by atoms with E-state index in [9.17, 15) is 9.90 Å². The van der Waals surface area contributed by atoms with Crippen molar-refractivity contribution >= 4 is 14.3 Å². The van der Waals surface area contributed by atoms with E-state index in [4.69, 9.17) is 9.16 Å². The highest BCUT2D eigenvalue weighted by Crippen LogP contribution is 2.39. The Labute approximate surface area is 143 Å². The van der Waals surface area contributed by atoms with Gasteiger partial charge in [0.15, 0.2) is 8.32 Å². The van der Waals surface area contributed by atoms with Gasteiger partial charge in [0.2, 0.25) is 0 Å². The molecule has 0 bridgehead atoms. The molecule has 0 aromatic heterocycles. The summed E-state index contributed by atoms with van der Waals surface area (Å²) >= 11 is 0. The number of hydrogen-bond acceptors (Lipinski definition) is 4. The second-order valence-corrected chi connectivity index (χ2v) is 13.0. The van der Waals surface area contributed by atoms with Crippen molar-refractivity contribution < 1.29 is 19.1 Å². The minimum atomic E-state index is -1.97. The smallest absolute Gasteiger partial charge is 0.311 e. The first kappa shape index (κ1) is 22.3. The van der Waals surface area contributed by atoms with Crippen LogP contribution in [0.3, 0.4) is 0 Å². The van der Waals surface area contributed by atoms with Crippen molar-refractivity contribution in [1.82, 2.24) is 0 Å². The molecule has 1 N–H and O–H groups in total. The maximum absolute atomic E-state index is 12.2. The van der Waals surface area contributed by atoms with E-state index in [0.717, 1.165) is 0 Å².